The van der Waals surface area contributed by atoms with Crippen molar-refractivity contribution in [1.29, 1.82) is 0 Å². The maximum absolute atomic E-state index is 13.3. The molecule has 1 aromatic heterocycles. The fourth-order valence-electron chi connectivity index (χ4n) is 5.54. The highest BCUT2D eigenvalue weighted by molar-refractivity contribution is 6.01. The van der Waals surface area contributed by atoms with Crippen LogP contribution in [0.15, 0.2) is 110 Å². The molecule has 2 heterocycles. The minimum atomic E-state index is -4.49. The second-order valence-corrected chi connectivity index (χ2v) is 10.3. The third-order valence-electron chi connectivity index (χ3n) is 7.65. The number of rotatable bonds is 3. The maximum atomic E-state index is 13.3. The third-order valence-corrected chi connectivity index (χ3v) is 7.65. The number of ketones is 1. The van der Waals surface area contributed by atoms with Gasteiger partial charge in [0.15, 0.2) is 11.5 Å². The largest absolute Gasteiger partial charge is 0.435 e. The number of alkyl halides is 3. The van der Waals surface area contributed by atoms with Crippen LogP contribution < -0.4 is 15.8 Å². The van der Waals surface area contributed by atoms with Gasteiger partial charge in [0, 0.05) is 30.1 Å². The predicted molar refractivity (Wildman–Crippen MR) is 159 cm³/mol. The van der Waals surface area contributed by atoms with Gasteiger partial charge in [-0.15, -0.1) is 0 Å². The van der Waals surface area contributed by atoms with Crippen LogP contribution >= 0.6 is 0 Å². The zero-order valence-electron chi connectivity index (χ0n) is 22.7. The summed E-state index contributed by atoms with van der Waals surface area (Å²) in [6.45, 7) is 0. The molecule has 0 amide bonds. The van der Waals surface area contributed by atoms with Crippen LogP contribution in [0.25, 0.3) is 29.0 Å². The molecule has 0 bridgehead atoms. The van der Waals surface area contributed by atoms with Crippen LogP contribution in [0.5, 0.6) is 0 Å². The van der Waals surface area contributed by atoms with Crippen molar-refractivity contribution in [3.8, 4) is 16.8 Å². The van der Waals surface area contributed by atoms with E-state index in [1.54, 1.807) is 24.3 Å². The minimum Gasteiger partial charge on any atom is -0.368 e. The molecule has 2 aliphatic carbocycles. The summed E-state index contributed by atoms with van der Waals surface area (Å²) in [5.41, 5.74) is 5.09. The van der Waals surface area contributed by atoms with E-state index in [1.165, 1.54) is 38.4 Å². The Balaban J connectivity index is 0.000000397. The van der Waals surface area contributed by atoms with Gasteiger partial charge in [0.2, 0.25) is 0 Å². The molecule has 3 aliphatic rings. The molecule has 3 aromatic carbocycles. The molecule has 0 spiro atoms. The molecular weight excluding hydrogens is 535 g/mol. The van der Waals surface area contributed by atoms with E-state index in [1.807, 2.05) is 36.7 Å². The van der Waals surface area contributed by atoms with Gasteiger partial charge < -0.3 is 5.32 Å². The lowest BCUT2D eigenvalue weighted by atomic mass is 9.82. The fourth-order valence-corrected chi connectivity index (χ4v) is 5.54. The molecule has 4 aromatic rings. The zero-order valence-corrected chi connectivity index (χ0v) is 22.7. The summed E-state index contributed by atoms with van der Waals surface area (Å²) >= 11 is 0. The maximum Gasteiger partial charge on any atom is 0.435 e. The van der Waals surface area contributed by atoms with Crippen molar-refractivity contribution in [3.63, 3.8) is 0 Å². The summed E-state index contributed by atoms with van der Waals surface area (Å²) in [7, 11) is 0. The molecule has 1 N–H and O–H groups in total. The first-order chi connectivity index (χ1) is 20.4. The molecule has 4 nitrogen and oxygen atoms in total. The SMILES string of the molecule is C1=CC=CNC=C1.O=C(c1ccc(-n2ccc(C(F)(F)F)n2)cc1)C1C=c2c(ccc3c2=CCc2ccccc2-3)CC1. The number of fused-ring (bicyclic) bond motifs is 5. The van der Waals surface area contributed by atoms with Gasteiger partial charge in [-0.05, 0) is 94.4 Å². The summed E-state index contributed by atoms with van der Waals surface area (Å²) in [4.78, 5) is 13.3. The van der Waals surface area contributed by atoms with E-state index >= 15 is 0 Å². The Bertz CT molecular complexity index is 1830. The smallest absolute Gasteiger partial charge is 0.368 e. The molecule has 1 aliphatic heterocycles. The first kappa shape index (κ1) is 27.3. The van der Waals surface area contributed by atoms with E-state index in [9.17, 15) is 18.0 Å². The molecule has 1 unspecified atom stereocenters. The lowest BCUT2D eigenvalue weighted by Crippen LogP contribution is -2.37. The number of hydrogen-bond donors (Lipinski definition) is 1. The van der Waals surface area contributed by atoms with Crippen molar-refractivity contribution >= 4 is 17.9 Å². The van der Waals surface area contributed by atoms with Crippen LogP contribution in [0, 0.1) is 5.92 Å². The summed E-state index contributed by atoms with van der Waals surface area (Å²) in [5.74, 6) is -0.223. The van der Waals surface area contributed by atoms with Crippen LogP contribution in [0.1, 0.15) is 33.6 Å². The van der Waals surface area contributed by atoms with E-state index in [0.29, 0.717) is 11.3 Å². The topological polar surface area (TPSA) is 46.9 Å². The quantitative estimate of drug-likeness (QED) is 0.298. The number of halogens is 3. The molecule has 0 saturated heterocycles. The Morgan fingerprint density at radius 1 is 0.833 bits per heavy atom. The highest BCUT2D eigenvalue weighted by atomic mass is 19.4. The van der Waals surface area contributed by atoms with E-state index < -0.39 is 11.9 Å². The fraction of sp³-hybridized carbons (Fsp3) is 0.143. The number of aryl methyl sites for hydroxylation is 1. The van der Waals surface area contributed by atoms with Gasteiger partial charge in [0.05, 0.1) is 5.69 Å². The predicted octanol–water partition coefficient (Wildman–Crippen LogP) is 6.29. The molecule has 0 fully saturated rings. The summed E-state index contributed by atoms with van der Waals surface area (Å²) in [6, 6.07) is 20.3. The van der Waals surface area contributed by atoms with Gasteiger partial charge in [-0.3, -0.25) is 4.79 Å². The minimum absolute atomic E-state index is 0.0208. The Hall–Kier alpha value is -4.91. The molecule has 0 radical (unpaired) electrons. The van der Waals surface area contributed by atoms with Crippen LogP contribution in [0.4, 0.5) is 13.2 Å². The molecule has 1 atom stereocenters. The van der Waals surface area contributed by atoms with E-state index in [-0.39, 0.29) is 11.7 Å². The molecule has 0 saturated carbocycles. The van der Waals surface area contributed by atoms with Crippen LogP contribution in [-0.2, 0) is 19.0 Å². The van der Waals surface area contributed by atoms with Crippen molar-refractivity contribution in [3.05, 3.63) is 142 Å². The van der Waals surface area contributed by atoms with Gasteiger partial charge in [-0.25, -0.2) is 4.68 Å². The number of nitrogens with one attached hydrogen (secondary N) is 1. The number of aromatic nitrogens is 2. The van der Waals surface area contributed by atoms with Gasteiger partial charge in [0.25, 0.3) is 0 Å². The van der Waals surface area contributed by atoms with E-state index in [4.69, 9.17) is 0 Å². The number of nitrogens with zero attached hydrogens (tertiary/aromatic N) is 2. The van der Waals surface area contributed by atoms with Gasteiger partial charge in [0.1, 0.15) is 0 Å². The molecule has 42 heavy (non-hydrogen) atoms. The van der Waals surface area contributed by atoms with Crippen molar-refractivity contribution < 1.29 is 18.0 Å². The first-order valence-electron chi connectivity index (χ1n) is 13.8. The average molecular weight is 564 g/mol. The van der Waals surface area contributed by atoms with E-state index in [2.05, 4.69) is 59.0 Å². The number of carbonyl (C=O) groups excluding carboxylic acids is 1. The number of hydrogen-bond acceptors (Lipinski definition) is 3. The molecule has 7 rings (SSSR count). The Labute approximate surface area is 241 Å². The second kappa shape index (κ2) is 11.5. The summed E-state index contributed by atoms with van der Waals surface area (Å²) in [6.07, 6.45) is 15.1. The first-order valence-corrected chi connectivity index (χ1v) is 13.8. The number of carbonyl (C=O) groups is 1. The molecule has 7 heteroatoms. The molecular formula is C35H28F3N3O. The van der Waals surface area contributed by atoms with Crippen molar-refractivity contribution in [1.82, 2.24) is 15.1 Å². The van der Waals surface area contributed by atoms with Gasteiger partial charge in [-0.2, -0.15) is 18.3 Å². The summed E-state index contributed by atoms with van der Waals surface area (Å²) in [5, 5.41) is 8.87. The average Bonchev–Trinajstić information content (AvgIpc) is 3.34. The van der Waals surface area contributed by atoms with Crippen molar-refractivity contribution in [2.75, 3.05) is 0 Å². The zero-order chi connectivity index (χ0) is 29.1. The highest BCUT2D eigenvalue weighted by Gasteiger charge is 2.33. The van der Waals surface area contributed by atoms with Crippen molar-refractivity contribution in [2.24, 2.45) is 5.92 Å². The van der Waals surface area contributed by atoms with E-state index in [0.717, 1.165) is 30.5 Å². The lowest BCUT2D eigenvalue weighted by molar-refractivity contribution is -0.141. The van der Waals surface area contributed by atoms with Crippen molar-refractivity contribution in [2.45, 2.75) is 25.4 Å². The molecule has 210 valence electrons. The number of Topliss-reactive ketones (excluding diaryl/α,β-unsaturated/α-hetero) is 1. The van der Waals surface area contributed by atoms with Crippen LogP contribution in [-0.4, -0.2) is 15.6 Å². The Morgan fingerprint density at radius 2 is 1.60 bits per heavy atom. The van der Waals surface area contributed by atoms with Crippen LogP contribution in [0.2, 0.25) is 0 Å². The number of allylic oxidation sites excluding steroid dienone is 4. The standard InChI is InChI=1S/C29H21F3N2O.C6H7N/c30-29(31,32)27-15-16-34(33-27)22-11-7-20(8-12-22)28(35)21-6-5-19-10-13-24-23-4-2-1-3-18(23)9-14-25(24)26(19)17-21;1-2-4-6-7-5-3-1/h1-4,7-8,10-17,21H,5-6,9H2;1-7H. The second-order valence-electron chi connectivity index (χ2n) is 10.3. The highest BCUT2D eigenvalue weighted by Crippen LogP contribution is 2.29. The van der Waals surface area contributed by atoms with Gasteiger partial charge in [-0.1, -0.05) is 60.7 Å². The monoisotopic (exact) mass is 563 g/mol. The number of benzene rings is 3. The normalized spacial score (nSPS) is 16.3. The van der Waals surface area contributed by atoms with Crippen LogP contribution in [0.3, 0.4) is 0 Å². The third kappa shape index (κ3) is 5.63. The Morgan fingerprint density at radius 3 is 2.33 bits per heavy atom. The Kier molecular flexibility index (Phi) is 7.48. The summed E-state index contributed by atoms with van der Waals surface area (Å²) < 4.78 is 39.7. The van der Waals surface area contributed by atoms with Gasteiger partial charge >= 0.3 is 6.18 Å². The lowest BCUT2D eigenvalue weighted by Gasteiger charge is -2.21.